The number of carboxylic acid groups (broad SMARTS) is 1. The Bertz CT molecular complexity index is 571. The molecule has 0 radical (unpaired) electrons. The number of carbonyl (C=O) groups is 2. The van der Waals surface area contributed by atoms with Crippen LogP contribution in [-0.4, -0.2) is 41.5 Å². The first-order chi connectivity index (χ1) is 10.1. The van der Waals surface area contributed by atoms with Gasteiger partial charge in [-0.2, -0.15) is 0 Å². The molecule has 0 unspecified atom stereocenters. The van der Waals surface area contributed by atoms with Crippen LogP contribution in [0.5, 0.6) is 0 Å². The van der Waals surface area contributed by atoms with Crippen LogP contribution in [0.3, 0.4) is 0 Å². The Morgan fingerprint density at radius 1 is 1.29 bits per heavy atom. The van der Waals surface area contributed by atoms with E-state index in [1.165, 1.54) is 5.56 Å². The van der Waals surface area contributed by atoms with Crippen molar-refractivity contribution < 1.29 is 14.7 Å². The van der Waals surface area contributed by atoms with Gasteiger partial charge >= 0.3 is 5.97 Å². The smallest absolute Gasteiger partial charge is 0.308 e. The number of anilines is 1. The van der Waals surface area contributed by atoms with Crippen LogP contribution < -0.4 is 5.32 Å². The number of nitrogens with zero attached hydrogens (tertiary/aromatic N) is 1. The Labute approximate surface area is 123 Å². The summed E-state index contributed by atoms with van der Waals surface area (Å²) in [5.41, 5.74) is 2.96. The Hall–Kier alpha value is -2.04. The zero-order valence-corrected chi connectivity index (χ0v) is 12.0. The molecule has 1 aromatic carbocycles. The van der Waals surface area contributed by atoms with Gasteiger partial charge in [-0.15, -0.1) is 0 Å². The van der Waals surface area contributed by atoms with Gasteiger partial charge in [-0.1, -0.05) is 0 Å². The lowest BCUT2D eigenvalue weighted by Crippen LogP contribution is -2.42. The number of likely N-dealkylation sites (tertiary alicyclic amines) is 1. The molecule has 1 fully saturated rings. The minimum atomic E-state index is -0.804. The number of carboxylic acids is 1. The summed E-state index contributed by atoms with van der Waals surface area (Å²) in [7, 11) is 0. The van der Waals surface area contributed by atoms with Crippen LogP contribution in [0.25, 0.3) is 0 Å². The number of hydrogen-bond donors (Lipinski definition) is 2. The van der Waals surface area contributed by atoms with Gasteiger partial charge in [0.15, 0.2) is 0 Å². The van der Waals surface area contributed by atoms with E-state index in [-0.39, 0.29) is 5.91 Å². The number of nitrogens with one attached hydrogen (secondary N) is 1. The first-order valence-electron chi connectivity index (χ1n) is 7.54. The topological polar surface area (TPSA) is 69.6 Å². The number of aryl methyl sites for hydroxylation is 1. The van der Waals surface area contributed by atoms with Gasteiger partial charge in [-0.3, -0.25) is 9.59 Å². The number of amides is 1. The maximum absolute atomic E-state index is 12.6. The molecule has 112 valence electrons. The highest BCUT2D eigenvalue weighted by Gasteiger charge is 2.28. The molecule has 21 heavy (non-hydrogen) atoms. The van der Waals surface area contributed by atoms with E-state index in [1.807, 2.05) is 18.2 Å². The maximum atomic E-state index is 12.6. The van der Waals surface area contributed by atoms with Crippen LogP contribution in [0.2, 0.25) is 0 Å². The summed E-state index contributed by atoms with van der Waals surface area (Å²) < 4.78 is 0. The molecule has 0 aliphatic carbocycles. The van der Waals surface area contributed by atoms with Crippen LogP contribution >= 0.6 is 0 Å². The molecule has 1 aromatic rings. The molecule has 2 aliphatic heterocycles. The monoisotopic (exact) mass is 288 g/mol. The average molecular weight is 288 g/mol. The Morgan fingerprint density at radius 3 is 2.95 bits per heavy atom. The average Bonchev–Trinajstić information content (AvgIpc) is 2.53. The van der Waals surface area contributed by atoms with E-state index in [4.69, 9.17) is 5.11 Å². The van der Waals surface area contributed by atoms with Crippen molar-refractivity contribution in [1.82, 2.24) is 4.90 Å². The van der Waals surface area contributed by atoms with Gasteiger partial charge in [-0.05, 0) is 49.4 Å². The van der Waals surface area contributed by atoms with Gasteiger partial charge in [0.05, 0.1) is 5.92 Å². The van der Waals surface area contributed by atoms with Gasteiger partial charge in [-0.25, -0.2) is 0 Å². The van der Waals surface area contributed by atoms with Crippen molar-refractivity contribution in [2.24, 2.45) is 5.92 Å². The predicted molar refractivity (Wildman–Crippen MR) is 79.5 cm³/mol. The molecule has 0 saturated carbocycles. The van der Waals surface area contributed by atoms with Crippen molar-refractivity contribution in [2.45, 2.75) is 25.7 Å². The Morgan fingerprint density at radius 2 is 2.14 bits per heavy atom. The normalized spacial score (nSPS) is 21.3. The number of hydrogen-bond acceptors (Lipinski definition) is 3. The number of carbonyl (C=O) groups excluding carboxylic acids is 1. The predicted octanol–water partition coefficient (Wildman–Crippen LogP) is 1.98. The summed E-state index contributed by atoms with van der Waals surface area (Å²) in [6.45, 7) is 1.95. The Kier molecular flexibility index (Phi) is 3.82. The number of rotatable bonds is 2. The molecule has 1 atom stereocenters. The number of piperidine rings is 1. The summed E-state index contributed by atoms with van der Waals surface area (Å²) in [6, 6.07) is 5.75. The van der Waals surface area contributed by atoms with Crippen molar-refractivity contribution in [1.29, 1.82) is 0 Å². The quantitative estimate of drug-likeness (QED) is 0.873. The highest BCUT2D eigenvalue weighted by Crippen LogP contribution is 2.25. The zero-order valence-electron chi connectivity index (χ0n) is 12.0. The molecule has 1 saturated heterocycles. The second-order valence-corrected chi connectivity index (χ2v) is 5.83. The van der Waals surface area contributed by atoms with Crippen molar-refractivity contribution >= 4 is 17.6 Å². The van der Waals surface area contributed by atoms with E-state index in [1.54, 1.807) is 4.90 Å². The van der Waals surface area contributed by atoms with Gasteiger partial charge in [0.25, 0.3) is 5.91 Å². The van der Waals surface area contributed by atoms with Crippen LogP contribution in [0.4, 0.5) is 5.69 Å². The summed E-state index contributed by atoms with van der Waals surface area (Å²) in [4.78, 5) is 25.4. The minimum Gasteiger partial charge on any atom is -0.481 e. The first-order valence-corrected chi connectivity index (χ1v) is 7.54. The molecule has 0 spiro atoms. The second-order valence-electron chi connectivity index (χ2n) is 5.83. The third-order valence-corrected chi connectivity index (χ3v) is 4.35. The van der Waals surface area contributed by atoms with Gasteiger partial charge < -0.3 is 15.3 Å². The van der Waals surface area contributed by atoms with E-state index in [2.05, 4.69) is 5.32 Å². The second kappa shape index (κ2) is 5.76. The number of aliphatic carboxylic acids is 1. The number of benzene rings is 1. The minimum absolute atomic E-state index is 0.0469. The van der Waals surface area contributed by atoms with Crippen LogP contribution in [0.15, 0.2) is 18.2 Å². The third kappa shape index (κ3) is 2.86. The molecule has 0 bridgehead atoms. The fraction of sp³-hybridized carbons (Fsp3) is 0.500. The molecule has 5 nitrogen and oxygen atoms in total. The lowest BCUT2D eigenvalue weighted by Gasteiger charge is -2.31. The fourth-order valence-electron chi connectivity index (χ4n) is 3.15. The van der Waals surface area contributed by atoms with Crippen molar-refractivity contribution in [3.05, 3.63) is 29.3 Å². The molecule has 0 aromatic heterocycles. The summed E-state index contributed by atoms with van der Waals surface area (Å²) in [5, 5.41) is 12.4. The van der Waals surface area contributed by atoms with Crippen molar-refractivity contribution in [2.75, 3.05) is 25.0 Å². The standard InChI is InChI=1S/C16H20N2O3/c19-15(18-8-2-4-13(10-18)16(20)21)12-5-6-14-11(9-12)3-1-7-17-14/h5-6,9,13,17H,1-4,7-8,10H2,(H,20,21)/t13-/m0/s1. The fourth-order valence-corrected chi connectivity index (χ4v) is 3.15. The van der Waals surface area contributed by atoms with E-state index in [0.717, 1.165) is 31.5 Å². The summed E-state index contributed by atoms with van der Waals surface area (Å²) >= 11 is 0. The third-order valence-electron chi connectivity index (χ3n) is 4.35. The lowest BCUT2D eigenvalue weighted by molar-refractivity contribution is -0.143. The Balaban J connectivity index is 1.77. The molecule has 2 heterocycles. The molecule has 1 amide bonds. The van der Waals surface area contributed by atoms with Gasteiger partial charge in [0, 0.05) is 30.9 Å². The van der Waals surface area contributed by atoms with Crippen LogP contribution in [0.1, 0.15) is 35.2 Å². The molecular formula is C16H20N2O3. The summed E-state index contributed by atoms with van der Waals surface area (Å²) in [6.07, 6.45) is 3.49. The first kappa shape index (κ1) is 13.9. The largest absolute Gasteiger partial charge is 0.481 e. The lowest BCUT2D eigenvalue weighted by atomic mass is 9.96. The summed E-state index contributed by atoms with van der Waals surface area (Å²) in [5.74, 6) is -1.28. The van der Waals surface area contributed by atoms with E-state index < -0.39 is 11.9 Å². The van der Waals surface area contributed by atoms with E-state index in [9.17, 15) is 9.59 Å². The van der Waals surface area contributed by atoms with Crippen LogP contribution in [0, 0.1) is 5.92 Å². The van der Waals surface area contributed by atoms with Crippen molar-refractivity contribution in [3.63, 3.8) is 0 Å². The molecule has 2 aliphatic rings. The zero-order chi connectivity index (χ0) is 14.8. The highest BCUT2D eigenvalue weighted by molar-refractivity contribution is 5.95. The molecule has 3 rings (SSSR count). The van der Waals surface area contributed by atoms with E-state index >= 15 is 0 Å². The van der Waals surface area contributed by atoms with Gasteiger partial charge in [0.2, 0.25) is 0 Å². The van der Waals surface area contributed by atoms with Crippen LogP contribution in [-0.2, 0) is 11.2 Å². The maximum Gasteiger partial charge on any atom is 0.308 e. The molecular weight excluding hydrogens is 268 g/mol. The number of fused-ring (bicyclic) bond motifs is 1. The molecule has 2 N–H and O–H groups in total. The SMILES string of the molecule is O=C(O)[C@H]1CCCN(C(=O)c2ccc3c(c2)CCCN3)C1. The van der Waals surface area contributed by atoms with Gasteiger partial charge in [0.1, 0.15) is 0 Å². The molecule has 5 heteroatoms. The van der Waals surface area contributed by atoms with Crippen molar-refractivity contribution in [3.8, 4) is 0 Å². The highest BCUT2D eigenvalue weighted by atomic mass is 16.4. The van der Waals surface area contributed by atoms with E-state index in [0.29, 0.717) is 25.1 Å².